The fraction of sp³-hybridized carbons (Fsp3) is 0. The lowest BCUT2D eigenvalue weighted by molar-refractivity contribution is 0.591. The van der Waals surface area contributed by atoms with E-state index in [9.17, 15) is 0 Å². The van der Waals surface area contributed by atoms with Gasteiger partial charge in [-0.15, -0.1) is 0 Å². The number of fused-ring (bicyclic) bond motifs is 8. The number of rotatable bonds is 15. The van der Waals surface area contributed by atoms with Crippen LogP contribution in [0.25, 0.3) is 153 Å². The number of benzene rings is 23. The average molecular weight is 1690 g/mol. The first-order valence-electron chi connectivity index (χ1n) is 43.5. The summed E-state index contributed by atoms with van der Waals surface area (Å²) in [6, 6.07) is 178. The first kappa shape index (κ1) is 80.0. The Bertz CT molecular complexity index is 7960. The molecule has 0 radical (unpaired) electrons. The van der Waals surface area contributed by atoms with Crippen molar-refractivity contribution >= 4 is 155 Å². The summed E-state index contributed by atoms with van der Waals surface area (Å²) in [5, 5.41) is 26.8. The predicted octanol–water partition coefficient (Wildman–Crippen LogP) is 29.2. The molecule has 0 amide bonds. The van der Waals surface area contributed by atoms with Gasteiger partial charge in [0, 0.05) is 47.7 Å². The monoisotopic (exact) mass is 1690 g/mol. The Balaban J connectivity index is 0.000000117. The maximum atomic E-state index is 15.3. The highest BCUT2D eigenvalue weighted by molar-refractivity contribution is 7.86. The van der Waals surface area contributed by atoms with Crippen LogP contribution in [0, 0.1) is 0 Å². The first-order chi connectivity index (χ1) is 63.2. The predicted molar refractivity (Wildman–Crippen MR) is 550 cm³/mol. The average Bonchev–Trinajstić information content (AvgIpc) is 0.737. The van der Waals surface area contributed by atoms with E-state index in [1.165, 1.54) is 125 Å². The topological polar surface area (TPSA) is 51.2 Å². The van der Waals surface area contributed by atoms with Crippen LogP contribution in [0.1, 0.15) is 0 Å². The molecule has 0 spiro atoms. The minimum Gasteiger partial charge on any atom is -0.309 e. The maximum Gasteiger partial charge on any atom is 0.171 e. The SMILES string of the molecule is O=P(c1ccccc1)(c1ccccc1)c1cccc(-c2c3ccccc3c(-c3ccc4ccccc4c3)c3ccccc23)c1.O=P(c1ccccc1)(c1ccccc1)c1cccc(-c2c3ccccc3c(-c3cccc4ccccc34)c3ccccc23)c1.O=P(c1ccccc1)(c1ccccc1)c1cccc(-c2c3ccccc3c(-c3ccccc3)c3ccccc23)c1. The van der Waals surface area contributed by atoms with E-state index in [0.29, 0.717) is 0 Å². The molecular formula is C122H85O3P3. The molecule has 0 saturated heterocycles. The molecule has 606 valence electrons. The molecule has 0 aliphatic carbocycles. The second kappa shape index (κ2) is 34.7. The summed E-state index contributed by atoms with van der Waals surface area (Å²) in [5.74, 6) is 0. The molecule has 3 nitrogen and oxygen atoms in total. The van der Waals surface area contributed by atoms with E-state index < -0.39 is 21.4 Å². The largest absolute Gasteiger partial charge is 0.309 e. The molecule has 0 aliphatic heterocycles. The molecule has 0 aliphatic rings. The summed E-state index contributed by atoms with van der Waals surface area (Å²) in [7, 11) is -9.36. The molecule has 128 heavy (non-hydrogen) atoms. The maximum absolute atomic E-state index is 15.3. The van der Waals surface area contributed by atoms with E-state index >= 15 is 13.7 Å². The molecule has 0 aromatic heterocycles. The lowest BCUT2D eigenvalue weighted by Crippen LogP contribution is -2.25. The molecule has 0 unspecified atom stereocenters. The molecule has 0 atom stereocenters. The van der Waals surface area contributed by atoms with Gasteiger partial charge in [0.1, 0.15) is 0 Å². The summed E-state index contributed by atoms with van der Waals surface area (Å²) in [5.41, 5.74) is 14.0. The quantitative estimate of drug-likeness (QED) is 0.0759. The summed E-state index contributed by atoms with van der Waals surface area (Å²) >= 11 is 0. The molecule has 0 N–H and O–H groups in total. The third-order valence-corrected chi connectivity index (χ3v) is 34.3. The third kappa shape index (κ3) is 14.5. The summed E-state index contributed by atoms with van der Waals surface area (Å²) < 4.78 is 45.7. The third-order valence-electron chi connectivity index (χ3n) is 25.2. The lowest BCUT2D eigenvalue weighted by Gasteiger charge is -2.22. The van der Waals surface area contributed by atoms with Crippen molar-refractivity contribution < 1.29 is 13.7 Å². The van der Waals surface area contributed by atoms with Gasteiger partial charge < -0.3 is 13.7 Å². The Labute approximate surface area is 746 Å². The normalized spacial score (nSPS) is 11.7. The van der Waals surface area contributed by atoms with E-state index in [1.54, 1.807) is 0 Å². The number of hydrogen-bond donors (Lipinski definition) is 0. The van der Waals surface area contributed by atoms with Gasteiger partial charge in [-0.1, -0.05) is 491 Å². The Morgan fingerprint density at radius 1 is 0.117 bits per heavy atom. The minimum absolute atomic E-state index is 0.832. The van der Waals surface area contributed by atoms with Crippen molar-refractivity contribution in [3.05, 3.63) is 516 Å². The van der Waals surface area contributed by atoms with Gasteiger partial charge in [-0.3, -0.25) is 0 Å². The zero-order valence-electron chi connectivity index (χ0n) is 70.1. The van der Waals surface area contributed by atoms with E-state index in [2.05, 4.69) is 315 Å². The molecule has 6 heteroatoms. The van der Waals surface area contributed by atoms with Crippen molar-refractivity contribution in [1.29, 1.82) is 0 Å². The van der Waals surface area contributed by atoms with Crippen LogP contribution in [0.15, 0.2) is 516 Å². The van der Waals surface area contributed by atoms with E-state index in [1.807, 2.05) is 200 Å². The molecule has 23 aromatic rings. The van der Waals surface area contributed by atoms with Gasteiger partial charge in [0.2, 0.25) is 0 Å². The molecule has 0 bridgehead atoms. The Morgan fingerprint density at radius 3 is 0.609 bits per heavy atom. The van der Waals surface area contributed by atoms with Gasteiger partial charge in [-0.2, -0.15) is 0 Å². The zero-order valence-corrected chi connectivity index (χ0v) is 72.8. The van der Waals surface area contributed by atoms with Gasteiger partial charge in [-0.05, 0) is 177 Å². The van der Waals surface area contributed by atoms with Crippen LogP contribution in [0.5, 0.6) is 0 Å². The Morgan fingerprint density at radius 2 is 0.312 bits per heavy atom. The second-order valence-electron chi connectivity index (χ2n) is 32.5. The lowest BCUT2D eigenvalue weighted by atomic mass is 9.85. The summed E-state index contributed by atoms with van der Waals surface area (Å²) in [6.45, 7) is 0. The van der Waals surface area contributed by atoms with Crippen LogP contribution < -0.4 is 47.7 Å². The molecule has 0 fully saturated rings. The van der Waals surface area contributed by atoms with Crippen molar-refractivity contribution in [2.75, 3.05) is 0 Å². The Kier molecular flexibility index (Phi) is 21.7. The fourth-order valence-electron chi connectivity index (χ4n) is 19.4. The molecule has 0 heterocycles. The smallest absolute Gasteiger partial charge is 0.171 e. The minimum atomic E-state index is -3.13. The first-order valence-corrected chi connectivity index (χ1v) is 48.6. The molecule has 23 rings (SSSR count). The van der Waals surface area contributed by atoms with E-state index in [0.717, 1.165) is 75.6 Å². The van der Waals surface area contributed by atoms with Crippen molar-refractivity contribution in [3.63, 3.8) is 0 Å². The van der Waals surface area contributed by atoms with Gasteiger partial charge in [0.15, 0.2) is 21.4 Å². The van der Waals surface area contributed by atoms with Crippen molar-refractivity contribution in [3.8, 4) is 66.8 Å². The summed E-state index contributed by atoms with van der Waals surface area (Å²) in [6.07, 6.45) is 0. The van der Waals surface area contributed by atoms with Crippen LogP contribution in [-0.4, -0.2) is 0 Å². The van der Waals surface area contributed by atoms with Crippen LogP contribution in [-0.2, 0) is 13.7 Å². The number of hydrogen-bond acceptors (Lipinski definition) is 3. The molecular weight excluding hydrogens is 1610 g/mol. The van der Waals surface area contributed by atoms with E-state index in [-0.39, 0.29) is 0 Å². The van der Waals surface area contributed by atoms with Crippen LogP contribution in [0.3, 0.4) is 0 Å². The van der Waals surface area contributed by atoms with Gasteiger partial charge >= 0.3 is 0 Å². The molecule has 0 saturated carbocycles. The van der Waals surface area contributed by atoms with Crippen LogP contribution >= 0.6 is 21.4 Å². The van der Waals surface area contributed by atoms with Gasteiger partial charge in [0.25, 0.3) is 0 Å². The fourth-order valence-corrected chi connectivity index (χ4v) is 27.5. The highest BCUT2D eigenvalue weighted by atomic mass is 31.2. The van der Waals surface area contributed by atoms with Crippen molar-refractivity contribution in [2.45, 2.75) is 0 Å². The van der Waals surface area contributed by atoms with Crippen molar-refractivity contribution in [2.24, 2.45) is 0 Å². The summed E-state index contributed by atoms with van der Waals surface area (Å²) in [4.78, 5) is 0. The van der Waals surface area contributed by atoms with E-state index in [4.69, 9.17) is 0 Å². The zero-order chi connectivity index (χ0) is 86.0. The van der Waals surface area contributed by atoms with Gasteiger partial charge in [-0.25, -0.2) is 0 Å². The van der Waals surface area contributed by atoms with Crippen molar-refractivity contribution in [1.82, 2.24) is 0 Å². The standard InChI is InChI=1S/2C42H29OP.C38H27OP/c43-44(32-18-3-1-4-19-32,33-20-5-2-6-21-33)34-22-13-17-31(29-34)41-37-24-9-11-26-39(37)42(40-27-12-10-25-38(40)41)36-28-14-16-30-15-7-8-23-35(30)36;43-44(34-17-3-1-4-18-34,35-19-5-2-6-20-35)36-21-13-16-32(29-36)41-37-22-9-11-24-39(37)42(40-25-12-10-23-38(40)41)33-27-26-30-14-7-8-15-31(30)28-33;39-40(30-18-6-2-7-19-30,31-20-8-3-9-21-31)32-22-14-17-29(27-32)38-35-25-12-10-23-33(35)37(28-15-4-1-5-16-28)34-24-11-13-26-36(34)38/h2*1-29H;1-27H. The van der Waals surface area contributed by atoms with Crippen LogP contribution in [0.4, 0.5) is 0 Å². The van der Waals surface area contributed by atoms with Crippen LogP contribution in [0.2, 0.25) is 0 Å². The highest BCUT2D eigenvalue weighted by Crippen LogP contribution is 2.52. The highest BCUT2D eigenvalue weighted by Gasteiger charge is 2.34. The second-order valence-corrected chi connectivity index (χ2v) is 40.8. The Hall–Kier alpha value is -15.2. The van der Waals surface area contributed by atoms with Gasteiger partial charge in [0.05, 0.1) is 0 Å². The molecule has 23 aromatic carbocycles.